The summed E-state index contributed by atoms with van der Waals surface area (Å²) < 4.78 is 16.7. The number of nitrogens with one attached hydrogen (secondary N) is 1. The Hall–Kier alpha value is -3.80. The van der Waals surface area contributed by atoms with E-state index in [1.165, 1.54) is 87.3 Å². The standard InChI is InChI=1S/C41H52N4O2/c1(5-19-44-21-17-42-30-44)3-7-23-46-38-13-9-34(10-14-38)40(41-36-26-32-25-33(28-36)29-37(41)27-32)35-11-15-39(16-12-35)47-24-8-4-2-6-20-45-22-18-43-31-45/h9-18,21-22,30-33,36-37H,1-8,19-20,23-29H2/p+1. The smallest absolute Gasteiger partial charge is 0.241 e. The van der Waals surface area contributed by atoms with Crippen LogP contribution in [0.4, 0.5) is 0 Å². The van der Waals surface area contributed by atoms with Crippen molar-refractivity contribution in [2.75, 3.05) is 13.2 Å². The van der Waals surface area contributed by atoms with E-state index in [2.05, 4.69) is 73.8 Å². The van der Waals surface area contributed by atoms with E-state index in [0.29, 0.717) is 0 Å². The molecule has 0 unspecified atom stereocenters. The second-order valence-electron chi connectivity index (χ2n) is 14.4. The van der Waals surface area contributed by atoms with Gasteiger partial charge in [0.1, 0.15) is 23.9 Å². The van der Waals surface area contributed by atoms with Crippen LogP contribution in [0.5, 0.6) is 11.5 Å². The lowest BCUT2D eigenvalue weighted by Crippen LogP contribution is -2.40. The van der Waals surface area contributed by atoms with Gasteiger partial charge in [-0.3, -0.25) is 4.98 Å². The number of unbranched alkanes of at least 4 members (excludes halogenated alkanes) is 6. The number of aromatic amines is 1. The number of aryl methyl sites for hydroxylation is 2. The minimum atomic E-state index is 0.748. The van der Waals surface area contributed by atoms with Gasteiger partial charge in [0.15, 0.2) is 0 Å². The molecular formula is C41H53N4O2+. The number of hydrogen-bond acceptors (Lipinski definition) is 3. The number of rotatable bonds is 18. The van der Waals surface area contributed by atoms with E-state index in [1.807, 2.05) is 31.2 Å². The summed E-state index contributed by atoms with van der Waals surface area (Å²) in [4.78, 5) is 7.24. The molecule has 248 valence electrons. The summed E-state index contributed by atoms with van der Waals surface area (Å²) in [6.45, 7) is 3.69. The molecular weight excluding hydrogens is 580 g/mol. The number of H-pyrrole nitrogens is 1. The number of allylic oxidation sites excluding steroid dienone is 1. The van der Waals surface area contributed by atoms with Crippen molar-refractivity contribution in [2.24, 2.45) is 23.7 Å². The fraction of sp³-hybridized carbons (Fsp3) is 0.512. The highest BCUT2D eigenvalue weighted by Gasteiger charge is 2.46. The predicted octanol–water partition coefficient (Wildman–Crippen LogP) is 9.04. The average molecular weight is 634 g/mol. The van der Waals surface area contributed by atoms with Gasteiger partial charge in [0, 0.05) is 18.9 Å². The highest BCUT2D eigenvalue weighted by molar-refractivity contribution is 5.83. The Labute approximate surface area is 281 Å². The molecule has 0 saturated heterocycles. The zero-order chi connectivity index (χ0) is 31.7. The van der Waals surface area contributed by atoms with Crippen LogP contribution in [-0.2, 0) is 13.1 Å². The van der Waals surface area contributed by atoms with Gasteiger partial charge in [-0.05, 0) is 135 Å². The monoisotopic (exact) mass is 633 g/mol. The maximum atomic E-state index is 6.19. The van der Waals surface area contributed by atoms with Gasteiger partial charge in [-0.1, -0.05) is 42.7 Å². The number of nitrogens with zero attached hydrogens (tertiary/aromatic N) is 3. The normalized spacial score (nSPS) is 21.3. The van der Waals surface area contributed by atoms with Crippen molar-refractivity contribution in [1.82, 2.24) is 14.5 Å². The van der Waals surface area contributed by atoms with Gasteiger partial charge in [0.05, 0.1) is 26.1 Å². The van der Waals surface area contributed by atoms with Crippen molar-refractivity contribution in [1.29, 1.82) is 0 Å². The van der Waals surface area contributed by atoms with Gasteiger partial charge in [-0.15, -0.1) is 0 Å². The molecule has 1 N–H and O–H groups in total. The second kappa shape index (κ2) is 15.9. The van der Waals surface area contributed by atoms with Crippen LogP contribution in [0.3, 0.4) is 0 Å². The van der Waals surface area contributed by atoms with Crippen LogP contribution in [0, 0.1) is 23.7 Å². The van der Waals surface area contributed by atoms with Gasteiger partial charge < -0.3 is 14.0 Å². The van der Waals surface area contributed by atoms with Crippen molar-refractivity contribution < 1.29 is 14.0 Å². The van der Waals surface area contributed by atoms with E-state index in [9.17, 15) is 0 Å². The fourth-order valence-corrected chi connectivity index (χ4v) is 8.79. The first-order valence-corrected chi connectivity index (χ1v) is 18.5. The molecule has 8 rings (SSSR count). The number of hydrogen-bond donors (Lipinski definition) is 1. The number of imidazole rings is 2. The zero-order valence-corrected chi connectivity index (χ0v) is 28.1. The Morgan fingerprint density at radius 3 is 1.87 bits per heavy atom. The summed E-state index contributed by atoms with van der Waals surface area (Å²) in [7, 11) is 0. The first-order chi connectivity index (χ1) is 23.3. The molecule has 2 heterocycles. The summed E-state index contributed by atoms with van der Waals surface area (Å²) in [5.41, 5.74) is 5.90. The first kappa shape index (κ1) is 31.8. The summed E-state index contributed by atoms with van der Waals surface area (Å²) in [5, 5.41) is 0. The van der Waals surface area contributed by atoms with E-state index in [1.54, 1.807) is 5.57 Å². The highest BCUT2D eigenvalue weighted by atomic mass is 16.5. The van der Waals surface area contributed by atoms with Crippen molar-refractivity contribution in [3.8, 4) is 11.5 Å². The lowest BCUT2D eigenvalue weighted by Gasteiger charge is -2.52. The Morgan fingerprint density at radius 2 is 1.32 bits per heavy atom. The molecule has 47 heavy (non-hydrogen) atoms. The van der Waals surface area contributed by atoms with E-state index < -0.39 is 0 Å². The van der Waals surface area contributed by atoms with Gasteiger partial charge in [-0.2, -0.15) is 0 Å². The zero-order valence-electron chi connectivity index (χ0n) is 28.1. The molecule has 0 amide bonds. The molecule has 0 aliphatic heterocycles. The van der Waals surface area contributed by atoms with Crippen molar-refractivity contribution >= 4 is 5.57 Å². The third-order valence-corrected chi connectivity index (χ3v) is 10.9. The Kier molecular flexibility index (Phi) is 10.7. The Bertz CT molecular complexity index is 1400. The van der Waals surface area contributed by atoms with E-state index >= 15 is 0 Å². The van der Waals surface area contributed by atoms with Crippen LogP contribution in [0.15, 0.2) is 91.5 Å². The van der Waals surface area contributed by atoms with E-state index in [4.69, 9.17) is 9.47 Å². The minimum absolute atomic E-state index is 0.748. The molecule has 4 bridgehead atoms. The predicted molar refractivity (Wildman–Crippen MR) is 187 cm³/mol. The molecule has 6 heteroatoms. The molecule has 4 aromatic rings. The fourth-order valence-electron chi connectivity index (χ4n) is 8.79. The van der Waals surface area contributed by atoms with Crippen LogP contribution >= 0.6 is 0 Å². The van der Waals surface area contributed by atoms with E-state index in [-0.39, 0.29) is 0 Å². The number of aromatic nitrogens is 4. The lowest BCUT2D eigenvalue weighted by molar-refractivity contribution is -0.696. The average Bonchev–Trinajstić information content (AvgIpc) is 3.81. The van der Waals surface area contributed by atoms with Crippen molar-refractivity contribution in [3.05, 3.63) is 103 Å². The molecule has 0 radical (unpaired) electrons. The molecule has 0 atom stereocenters. The Balaban J connectivity index is 0.947. The number of ether oxygens (including phenoxy) is 2. The molecule has 2 aromatic carbocycles. The lowest BCUT2D eigenvalue weighted by atomic mass is 9.53. The van der Waals surface area contributed by atoms with Crippen molar-refractivity contribution in [3.63, 3.8) is 0 Å². The summed E-state index contributed by atoms with van der Waals surface area (Å²) in [6, 6.07) is 18.0. The topological polar surface area (TPSA) is 56.0 Å². The van der Waals surface area contributed by atoms with E-state index in [0.717, 1.165) is 74.3 Å². The van der Waals surface area contributed by atoms with Crippen LogP contribution in [0.25, 0.3) is 5.57 Å². The SMILES string of the molecule is c1cn(CCCCCCOc2ccc(C(=C3C4CC5CC(C4)CC3C5)c3ccc(OCCCCCC[n+]4cc[nH]c4)cc3)cc2)cn1. The second-order valence-corrected chi connectivity index (χ2v) is 14.4. The summed E-state index contributed by atoms with van der Waals surface area (Å²) >= 11 is 0. The van der Waals surface area contributed by atoms with Gasteiger partial charge in [0.2, 0.25) is 6.33 Å². The van der Waals surface area contributed by atoms with Crippen LogP contribution in [-0.4, -0.2) is 27.7 Å². The molecule has 4 aliphatic rings. The minimum Gasteiger partial charge on any atom is -0.494 e. The Morgan fingerprint density at radius 1 is 0.723 bits per heavy atom. The summed E-state index contributed by atoms with van der Waals surface area (Å²) in [6.07, 6.45) is 28.4. The van der Waals surface area contributed by atoms with Crippen LogP contribution in [0.2, 0.25) is 0 Å². The number of benzene rings is 2. The largest absolute Gasteiger partial charge is 0.494 e. The molecule has 2 aromatic heterocycles. The highest BCUT2D eigenvalue weighted by Crippen LogP contribution is 2.58. The van der Waals surface area contributed by atoms with Gasteiger partial charge in [-0.25, -0.2) is 9.55 Å². The van der Waals surface area contributed by atoms with Gasteiger partial charge in [0.25, 0.3) is 0 Å². The maximum absolute atomic E-state index is 6.19. The molecule has 4 saturated carbocycles. The molecule has 0 spiro atoms. The molecule has 4 aliphatic carbocycles. The van der Waals surface area contributed by atoms with Crippen LogP contribution < -0.4 is 14.0 Å². The first-order valence-electron chi connectivity index (χ1n) is 18.5. The van der Waals surface area contributed by atoms with Crippen LogP contribution in [0.1, 0.15) is 94.6 Å². The maximum Gasteiger partial charge on any atom is 0.241 e. The molecule has 6 nitrogen and oxygen atoms in total. The van der Waals surface area contributed by atoms with Gasteiger partial charge >= 0.3 is 0 Å². The third kappa shape index (κ3) is 8.38. The van der Waals surface area contributed by atoms with Crippen molar-refractivity contribution in [2.45, 2.75) is 96.6 Å². The summed E-state index contributed by atoms with van der Waals surface area (Å²) in [5.74, 6) is 5.36. The quantitative estimate of drug-likeness (QED) is 0.0879. The molecule has 4 fully saturated rings. The third-order valence-electron chi connectivity index (χ3n) is 10.9.